The van der Waals surface area contributed by atoms with Gasteiger partial charge in [-0.15, -0.1) is 0 Å². The molecule has 0 saturated carbocycles. The average molecular weight is 262 g/mol. The quantitative estimate of drug-likeness (QED) is 0.516. The van der Waals surface area contributed by atoms with Gasteiger partial charge in [0, 0.05) is 11.3 Å². The molecule has 20 heavy (non-hydrogen) atoms. The predicted molar refractivity (Wildman–Crippen MR) is 74.6 cm³/mol. The van der Waals surface area contributed by atoms with Crippen LogP contribution in [0.2, 0.25) is 0 Å². The van der Waals surface area contributed by atoms with Crippen LogP contribution >= 0.6 is 0 Å². The molecule has 0 radical (unpaired) electrons. The maximum absolute atomic E-state index is 11.4. The van der Waals surface area contributed by atoms with Crippen molar-refractivity contribution in [1.29, 1.82) is 10.5 Å². The van der Waals surface area contributed by atoms with Crippen LogP contribution in [-0.4, -0.2) is 5.91 Å². The number of nitrogens with zero attached hydrogens (tertiary/aromatic N) is 3. The molecule has 0 aliphatic carbocycles. The van der Waals surface area contributed by atoms with Crippen molar-refractivity contribution in [1.82, 2.24) is 0 Å². The summed E-state index contributed by atoms with van der Waals surface area (Å²) in [4.78, 5) is 14.4. The Morgan fingerprint density at radius 2 is 1.90 bits per heavy atom. The van der Waals surface area contributed by atoms with Crippen molar-refractivity contribution in [3.05, 3.63) is 59.1 Å². The van der Waals surface area contributed by atoms with Gasteiger partial charge in [-0.05, 0) is 24.6 Å². The lowest BCUT2D eigenvalue weighted by Crippen LogP contribution is -2.11. The third-order valence-corrected chi connectivity index (χ3v) is 2.39. The number of nitrogens with one attached hydrogen (secondary N) is 1. The molecule has 0 atom stereocenters. The van der Waals surface area contributed by atoms with E-state index in [9.17, 15) is 4.79 Å². The highest BCUT2D eigenvalue weighted by Gasteiger charge is 2.09. The molecule has 1 N–H and O–H groups in total. The second-order valence-electron chi connectivity index (χ2n) is 3.87. The zero-order valence-corrected chi connectivity index (χ0v) is 10.8. The van der Waals surface area contributed by atoms with E-state index in [-0.39, 0.29) is 17.2 Å². The van der Waals surface area contributed by atoms with Crippen molar-refractivity contribution in [2.45, 2.75) is 6.92 Å². The highest BCUT2D eigenvalue weighted by Crippen LogP contribution is 2.21. The highest BCUT2D eigenvalue weighted by atomic mass is 16.1. The van der Waals surface area contributed by atoms with E-state index in [4.69, 9.17) is 17.1 Å². The first-order chi connectivity index (χ1) is 9.53. The first-order valence-electron chi connectivity index (χ1n) is 5.52. The second-order valence-corrected chi connectivity index (χ2v) is 3.87. The van der Waals surface area contributed by atoms with Crippen LogP contribution < -0.4 is 5.32 Å². The number of nitriles is 2. The fourth-order valence-corrected chi connectivity index (χ4v) is 1.35. The number of carbonyl (C=O) groups is 1. The molecular formula is C15H10N4O. The molecule has 96 valence electrons. The minimum absolute atomic E-state index is 0.0141. The molecule has 0 aliphatic rings. The lowest BCUT2D eigenvalue weighted by Gasteiger charge is -2.06. The minimum atomic E-state index is -0.298. The van der Waals surface area contributed by atoms with Crippen molar-refractivity contribution in [2.75, 3.05) is 5.32 Å². The standard InChI is InChI=1S/C15H10N4O/c1-10(2)15(20)19-12-6-4-11(5-7-12)13(8-16)14(9-17)18-3/h4-7H,1H2,2H3,(H,19,20)/b14-13-. The summed E-state index contributed by atoms with van der Waals surface area (Å²) in [6, 6.07) is 9.83. The van der Waals surface area contributed by atoms with Crippen LogP contribution in [0.3, 0.4) is 0 Å². The molecule has 1 amide bonds. The van der Waals surface area contributed by atoms with E-state index in [1.54, 1.807) is 37.3 Å². The van der Waals surface area contributed by atoms with Crippen molar-refractivity contribution < 1.29 is 4.79 Å². The molecule has 0 aromatic heterocycles. The largest absolute Gasteiger partial charge is 0.322 e. The molecule has 0 fully saturated rings. The smallest absolute Gasteiger partial charge is 0.279 e. The van der Waals surface area contributed by atoms with Gasteiger partial charge in [-0.3, -0.25) is 4.79 Å². The van der Waals surface area contributed by atoms with Gasteiger partial charge in [-0.2, -0.15) is 5.26 Å². The van der Waals surface area contributed by atoms with E-state index in [1.165, 1.54) is 0 Å². The molecule has 5 heteroatoms. The Balaban J connectivity index is 3.10. The van der Waals surface area contributed by atoms with Crippen LogP contribution in [0, 0.1) is 29.2 Å². The first kappa shape index (κ1) is 14.7. The summed E-state index contributed by atoms with van der Waals surface area (Å²) >= 11 is 0. The zero-order chi connectivity index (χ0) is 15.1. The Kier molecular flexibility index (Phi) is 4.81. The molecular weight excluding hydrogens is 252 g/mol. The number of benzene rings is 1. The molecule has 1 rings (SSSR count). The van der Waals surface area contributed by atoms with E-state index in [0.29, 0.717) is 16.8 Å². The Morgan fingerprint density at radius 3 is 2.30 bits per heavy atom. The molecule has 0 bridgehead atoms. The summed E-state index contributed by atoms with van der Waals surface area (Å²) in [6.07, 6.45) is 0. The summed E-state index contributed by atoms with van der Waals surface area (Å²) in [5.74, 6) is -0.298. The first-order valence-corrected chi connectivity index (χ1v) is 5.52. The average Bonchev–Trinajstić information content (AvgIpc) is 2.45. The Labute approximate surface area is 116 Å². The third-order valence-electron chi connectivity index (χ3n) is 2.39. The lowest BCUT2D eigenvalue weighted by molar-refractivity contribution is -0.112. The van der Waals surface area contributed by atoms with Crippen LogP contribution in [0.1, 0.15) is 12.5 Å². The van der Waals surface area contributed by atoms with Gasteiger partial charge in [-0.25, -0.2) is 10.1 Å². The topological polar surface area (TPSA) is 81.0 Å². The molecule has 5 nitrogen and oxygen atoms in total. The van der Waals surface area contributed by atoms with Crippen molar-refractivity contribution in [2.24, 2.45) is 0 Å². The van der Waals surface area contributed by atoms with Gasteiger partial charge in [-0.1, -0.05) is 18.7 Å². The van der Waals surface area contributed by atoms with E-state index >= 15 is 0 Å². The van der Waals surface area contributed by atoms with Crippen LogP contribution in [0.15, 0.2) is 42.1 Å². The Hall–Kier alpha value is -3.36. The van der Waals surface area contributed by atoms with Crippen molar-refractivity contribution >= 4 is 17.2 Å². The van der Waals surface area contributed by atoms with Gasteiger partial charge in [0.25, 0.3) is 11.6 Å². The van der Waals surface area contributed by atoms with Gasteiger partial charge in [0.2, 0.25) is 0 Å². The highest BCUT2D eigenvalue weighted by molar-refractivity contribution is 6.02. The summed E-state index contributed by atoms with van der Waals surface area (Å²) in [7, 11) is 0. The Bertz CT molecular complexity index is 690. The van der Waals surface area contributed by atoms with Gasteiger partial charge >= 0.3 is 0 Å². The lowest BCUT2D eigenvalue weighted by atomic mass is 10.0. The third kappa shape index (κ3) is 3.32. The van der Waals surface area contributed by atoms with E-state index < -0.39 is 0 Å². The number of allylic oxidation sites excluding steroid dienone is 2. The molecule has 0 heterocycles. The molecule has 0 unspecified atom stereocenters. The van der Waals surface area contributed by atoms with Gasteiger partial charge in [0.15, 0.2) is 0 Å². The maximum atomic E-state index is 11.4. The predicted octanol–water partition coefficient (Wildman–Crippen LogP) is 2.88. The fourth-order valence-electron chi connectivity index (χ4n) is 1.35. The van der Waals surface area contributed by atoms with E-state index in [1.807, 2.05) is 6.07 Å². The number of carbonyl (C=O) groups excluding carboxylic acids is 1. The summed E-state index contributed by atoms with van der Waals surface area (Å²) in [5.41, 5.74) is 1.13. The van der Waals surface area contributed by atoms with Crippen LogP contribution in [0.4, 0.5) is 5.69 Å². The molecule has 1 aromatic carbocycles. The van der Waals surface area contributed by atoms with Crippen LogP contribution in [0.25, 0.3) is 10.4 Å². The van der Waals surface area contributed by atoms with E-state index in [0.717, 1.165) is 0 Å². The summed E-state index contributed by atoms with van der Waals surface area (Å²) in [5, 5.41) is 20.4. The van der Waals surface area contributed by atoms with Gasteiger partial charge in [0.05, 0.1) is 24.3 Å². The monoisotopic (exact) mass is 262 g/mol. The van der Waals surface area contributed by atoms with Gasteiger partial charge < -0.3 is 5.32 Å². The molecule has 0 aliphatic heterocycles. The Morgan fingerprint density at radius 1 is 1.30 bits per heavy atom. The molecule has 1 aromatic rings. The summed E-state index contributed by atoms with van der Waals surface area (Å²) < 4.78 is 0. The number of hydrogen-bond acceptors (Lipinski definition) is 3. The number of hydrogen-bond donors (Lipinski definition) is 1. The summed E-state index contributed by atoms with van der Waals surface area (Å²) in [6.45, 7) is 12.0. The normalized spacial score (nSPS) is 10.3. The van der Waals surface area contributed by atoms with Crippen molar-refractivity contribution in [3.8, 4) is 12.1 Å². The zero-order valence-electron chi connectivity index (χ0n) is 10.8. The number of rotatable bonds is 3. The second kappa shape index (κ2) is 6.54. The maximum Gasteiger partial charge on any atom is 0.279 e. The number of anilines is 1. The van der Waals surface area contributed by atoms with Crippen LogP contribution in [0.5, 0.6) is 0 Å². The fraction of sp³-hybridized carbons (Fsp3) is 0.0667. The van der Waals surface area contributed by atoms with Gasteiger partial charge in [0.1, 0.15) is 0 Å². The van der Waals surface area contributed by atoms with E-state index in [2.05, 4.69) is 16.7 Å². The number of amides is 1. The van der Waals surface area contributed by atoms with Crippen molar-refractivity contribution in [3.63, 3.8) is 0 Å². The minimum Gasteiger partial charge on any atom is -0.322 e. The molecule has 0 saturated heterocycles. The van der Waals surface area contributed by atoms with Crippen LogP contribution in [-0.2, 0) is 4.79 Å². The SMILES string of the molecule is [C-]#[N+]/C(C#N)=C(/C#N)c1ccc(NC(=O)C(=C)C)cc1. The molecule has 0 spiro atoms.